The molecule has 1 atom stereocenters. The molecule has 1 saturated heterocycles. The number of hydrogen-bond donors (Lipinski definition) is 0. The number of hydrogen-bond acceptors (Lipinski definition) is 5. The van der Waals surface area contributed by atoms with E-state index in [1.165, 1.54) is 13.1 Å². The van der Waals surface area contributed by atoms with Crippen molar-refractivity contribution in [3.63, 3.8) is 0 Å². The fraction of sp³-hybridized carbons (Fsp3) is 0.583. The van der Waals surface area contributed by atoms with Gasteiger partial charge in [0.1, 0.15) is 5.60 Å². The van der Waals surface area contributed by atoms with Gasteiger partial charge in [0.2, 0.25) is 0 Å². The SMILES string of the molecule is CC(C)N(CC1CCCN(C(=O)c2ccc3c(c2)C(=O)N(C)C3=O)C1)C(=O)OC(C)(C)C. The molecule has 1 aromatic rings. The summed E-state index contributed by atoms with van der Waals surface area (Å²) in [7, 11) is 1.44. The average Bonchev–Trinajstić information content (AvgIpc) is 2.94. The van der Waals surface area contributed by atoms with Gasteiger partial charge in [0.15, 0.2) is 0 Å². The van der Waals surface area contributed by atoms with Crippen molar-refractivity contribution in [1.29, 1.82) is 0 Å². The van der Waals surface area contributed by atoms with Crippen molar-refractivity contribution >= 4 is 23.8 Å². The van der Waals surface area contributed by atoms with Crippen LogP contribution >= 0.6 is 0 Å². The van der Waals surface area contributed by atoms with Crippen LogP contribution in [0.15, 0.2) is 18.2 Å². The zero-order valence-electron chi connectivity index (χ0n) is 19.8. The quantitative estimate of drug-likeness (QED) is 0.666. The highest BCUT2D eigenvalue weighted by Gasteiger charge is 2.35. The number of likely N-dealkylation sites (tertiary alicyclic amines) is 1. The summed E-state index contributed by atoms with van der Waals surface area (Å²) in [6.45, 7) is 11.1. The maximum Gasteiger partial charge on any atom is 0.410 e. The predicted octanol–water partition coefficient (Wildman–Crippen LogP) is 3.41. The first kappa shape index (κ1) is 23.8. The lowest BCUT2D eigenvalue weighted by atomic mass is 9.96. The predicted molar refractivity (Wildman–Crippen MR) is 120 cm³/mol. The van der Waals surface area contributed by atoms with Gasteiger partial charge in [-0.3, -0.25) is 19.3 Å². The van der Waals surface area contributed by atoms with Crippen molar-refractivity contribution in [3.05, 3.63) is 34.9 Å². The second-order valence-electron chi connectivity index (χ2n) is 9.92. The lowest BCUT2D eigenvalue weighted by molar-refractivity contribution is 0.0123. The van der Waals surface area contributed by atoms with Crippen LogP contribution in [0.2, 0.25) is 0 Å². The number of benzene rings is 1. The molecule has 0 radical (unpaired) electrons. The van der Waals surface area contributed by atoms with Crippen molar-refractivity contribution in [2.75, 3.05) is 26.7 Å². The molecule has 8 heteroatoms. The van der Waals surface area contributed by atoms with E-state index in [-0.39, 0.29) is 41.3 Å². The molecule has 0 N–H and O–H groups in total. The molecule has 2 aliphatic heterocycles. The number of ether oxygens (including phenoxy) is 1. The minimum absolute atomic E-state index is 0.0202. The summed E-state index contributed by atoms with van der Waals surface area (Å²) in [5, 5.41) is 0. The third-order valence-electron chi connectivity index (χ3n) is 5.85. The summed E-state index contributed by atoms with van der Waals surface area (Å²) < 4.78 is 5.56. The summed E-state index contributed by atoms with van der Waals surface area (Å²) in [6.07, 6.45) is 1.40. The van der Waals surface area contributed by atoms with E-state index in [9.17, 15) is 19.2 Å². The summed E-state index contributed by atoms with van der Waals surface area (Å²) in [5.41, 5.74) is 0.427. The van der Waals surface area contributed by atoms with Crippen LogP contribution in [-0.2, 0) is 4.74 Å². The molecule has 0 aliphatic carbocycles. The van der Waals surface area contributed by atoms with Crippen LogP contribution in [0.25, 0.3) is 0 Å². The Balaban J connectivity index is 1.71. The van der Waals surface area contributed by atoms with E-state index >= 15 is 0 Å². The third kappa shape index (κ3) is 4.95. The van der Waals surface area contributed by atoms with E-state index in [1.54, 1.807) is 21.9 Å². The number of rotatable bonds is 4. The number of imide groups is 1. The third-order valence-corrected chi connectivity index (χ3v) is 5.85. The van der Waals surface area contributed by atoms with Gasteiger partial charge in [-0.15, -0.1) is 0 Å². The molecular weight excluding hydrogens is 410 g/mol. The molecule has 0 saturated carbocycles. The molecule has 1 unspecified atom stereocenters. The van der Waals surface area contributed by atoms with E-state index in [0.29, 0.717) is 30.8 Å². The molecule has 4 amide bonds. The van der Waals surface area contributed by atoms with Gasteiger partial charge >= 0.3 is 6.09 Å². The molecule has 2 heterocycles. The van der Waals surface area contributed by atoms with Crippen LogP contribution in [0.5, 0.6) is 0 Å². The van der Waals surface area contributed by atoms with Gasteiger partial charge in [0.05, 0.1) is 11.1 Å². The smallest absolute Gasteiger partial charge is 0.410 e. The van der Waals surface area contributed by atoms with Gasteiger partial charge in [-0.2, -0.15) is 0 Å². The molecule has 32 heavy (non-hydrogen) atoms. The van der Waals surface area contributed by atoms with Crippen LogP contribution in [0.4, 0.5) is 4.79 Å². The highest BCUT2D eigenvalue weighted by molar-refractivity contribution is 6.21. The highest BCUT2D eigenvalue weighted by atomic mass is 16.6. The molecule has 174 valence electrons. The van der Waals surface area contributed by atoms with Crippen LogP contribution in [0.1, 0.15) is 78.5 Å². The second kappa shape index (κ2) is 8.92. The molecule has 3 rings (SSSR count). The Hall–Kier alpha value is -2.90. The topological polar surface area (TPSA) is 87.2 Å². The van der Waals surface area contributed by atoms with Crippen molar-refractivity contribution in [3.8, 4) is 0 Å². The van der Waals surface area contributed by atoms with Crippen LogP contribution in [0, 0.1) is 5.92 Å². The van der Waals surface area contributed by atoms with Gasteiger partial charge in [0.25, 0.3) is 17.7 Å². The van der Waals surface area contributed by atoms with Gasteiger partial charge < -0.3 is 14.5 Å². The Morgan fingerprint density at radius 1 is 1.16 bits per heavy atom. The van der Waals surface area contributed by atoms with E-state index in [0.717, 1.165) is 17.7 Å². The average molecular weight is 444 g/mol. The minimum atomic E-state index is -0.570. The minimum Gasteiger partial charge on any atom is -0.444 e. The first-order chi connectivity index (χ1) is 14.9. The Morgan fingerprint density at radius 3 is 2.44 bits per heavy atom. The van der Waals surface area contributed by atoms with Gasteiger partial charge in [-0.05, 0) is 71.6 Å². The summed E-state index contributed by atoms with van der Waals surface area (Å²) >= 11 is 0. The van der Waals surface area contributed by atoms with E-state index in [2.05, 4.69) is 0 Å². The fourth-order valence-electron chi connectivity index (χ4n) is 4.17. The van der Waals surface area contributed by atoms with Crippen molar-refractivity contribution in [1.82, 2.24) is 14.7 Å². The second-order valence-corrected chi connectivity index (χ2v) is 9.92. The Morgan fingerprint density at radius 2 is 1.81 bits per heavy atom. The molecule has 8 nitrogen and oxygen atoms in total. The lowest BCUT2D eigenvalue weighted by Gasteiger charge is -2.37. The highest BCUT2D eigenvalue weighted by Crippen LogP contribution is 2.26. The maximum absolute atomic E-state index is 13.2. The zero-order chi connectivity index (χ0) is 23.8. The van der Waals surface area contributed by atoms with Crippen molar-refractivity contribution < 1.29 is 23.9 Å². The van der Waals surface area contributed by atoms with Crippen LogP contribution in [-0.4, -0.2) is 76.8 Å². The van der Waals surface area contributed by atoms with Crippen molar-refractivity contribution in [2.24, 2.45) is 5.92 Å². The van der Waals surface area contributed by atoms with Crippen LogP contribution < -0.4 is 0 Å². The molecule has 0 bridgehead atoms. The number of amides is 4. The summed E-state index contributed by atoms with van der Waals surface area (Å²) in [4.78, 5) is 54.8. The molecule has 0 spiro atoms. The van der Waals surface area contributed by atoms with E-state index in [4.69, 9.17) is 4.74 Å². The standard InChI is InChI=1S/C24H33N3O5/c1-15(2)27(23(31)32-24(3,4)5)14-16-8-7-11-26(13-16)20(28)17-9-10-18-19(12-17)22(30)25(6)21(18)29/h9-10,12,15-16H,7-8,11,13-14H2,1-6H3. The normalized spacial score (nSPS) is 18.8. The first-order valence-corrected chi connectivity index (χ1v) is 11.1. The fourth-order valence-corrected chi connectivity index (χ4v) is 4.17. The number of carbonyl (C=O) groups excluding carboxylic acids is 4. The summed E-state index contributed by atoms with van der Waals surface area (Å²) in [5.74, 6) is -0.772. The van der Waals surface area contributed by atoms with E-state index < -0.39 is 5.60 Å². The van der Waals surface area contributed by atoms with E-state index in [1.807, 2.05) is 34.6 Å². The molecule has 0 aromatic heterocycles. The molecule has 1 fully saturated rings. The Labute approximate surface area is 189 Å². The first-order valence-electron chi connectivity index (χ1n) is 11.1. The summed E-state index contributed by atoms with van der Waals surface area (Å²) in [6, 6.07) is 4.66. The maximum atomic E-state index is 13.2. The Kier molecular flexibility index (Phi) is 6.62. The van der Waals surface area contributed by atoms with Crippen molar-refractivity contribution in [2.45, 2.75) is 59.1 Å². The number of carbonyl (C=O) groups is 4. The number of nitrogens with zero attached hydrogens (tertiary/aromatic N) is 3. The van der Waals surface area contributed by atoms with Gasteiger partial charge in [0, 0.05) is 38.3 Å². The number of piperidine rings is 1. The van der Waals surface area contributed by atoms with Gasteiger partial charge in [-0.1, -0.05) is 0 Å². The molecule has 2 aliphatic rings. The van der Waals surface area contributed by atoms with Gasteiger partial charge in [-0.25, -0.2) is 4.79 Å². The molecular formula is C24H33N3O5. The monoisotopic (exact) mass is 443 g/mol. The largest absolute Gasteiger partial charge is 0.444 e. The van der Waals surface area contributed by atoms with Crippen LogP contribution in [0.3, 0.4) is 0 Å². The number of fused-ring (bicyclic) bond motifs is 1. The Bertz CT molecular complexity index is 934. The lowest BCUT2D eigenvalue weighted by Crippen LogP contribution is -2.48. The molecule has 1 aromatic carbocycles. The zero-order valence-corrected chi connectivity index (χ0v) is 19.8.